The third kappa shape index (κ3) is 1.50. The first kappa shape index (κ1) is 8.52. The van der Waals surface area contributed by atoms with Crippen molar-refractivity contribution in [2.75, 3.05) is 19.8 Å². The van der Waals surface area contributed by atoms with Crippen LogP contribution >= 0.6 is 0 Å². The molecule has 0 spiro atoms. The van der Waals surface area contributed by atoms with Crippen molar-refractivity contribution in [3.8, 4) is 0 Å². The van der Waals surface area contributed by atoms with Crippen LogP contribution in [-0.2, 0) is 4.74 Å². The molecule has 2 bridgehead atoms. The summed E-state index contributed by atoms with van der Waals surface area (Å²) in [6.45, 7) is 7.85. The minimum Gasteiger partial charge on any atom is -0.380 e. The molecule has 2 fully saturated rings. The van der Waals surface area contributed by atoms with E-state index in [9.17, 15) is 0 Å². The van der Waals surface area contributed by atoms with Gasteiger partial charge in [0, 0.05) is 25.2 Å². The van der Waals surface area contributed by atoms with Gasteiger partial charge < -0.3 is 4.74 Å². The molecule has 70 valence electrons. The number of ether oxygens (including phenoxy) is 1. The molecule has 0 aromatic heterocycles. The molecular formula is C10H19NO. The molecule has 2 aliphatic heterocycles. The Hall–Kier alpha value is -0.0800. The highest BCUT2D eigenvalue weighted by Crippen LogP contribution is 2.29. The molecular weight excluding hydrogens is 150 g/mol. The molecule has 0 radical (unpaired) electrons. The van der Waals surface area contributed by atoms with Crippen LogP contribution in [0.5, 0.6) is 0 Å². The lowest BCUT2D eigenvalue weighted by Gasteiger charge is -2.28. The molecule has 2 rings (SSSR count). The molecule has 0 saturated carbocycles. The highest BCUT2D eigenvalue weighted by atomic mass is 16.5. The van der Waals surface area contributed by atoms with Crippen LogP contribution in [0.2, 0.25) is 0 Å². The van der Waals surface area contributed by atoms with Crippen LogP contribution in [0, 0.1) is 5.92 Å². The van der Waals surface area contributed by atoms with Crippen molar-refractivity contribution in [1.82, 2.24) is 4.90 Å². The van der Waals surface area contributed by atoms with Crippen molar-refractivity contribution in [3.05, 3.63) is 0 Å². The van der Waals surface area contributed by atoms with Gasteiger partial charge in [-0.25, -0.2) is 0 Å². The first-order valence-corrected chi connectivity index (χ1v) is 5.11. The van der Waals surface area contributed by atoms with Gasteiger partial charge in [-0.1, -0.05) is 0 Å². The van der Waals surface area contributed by atoms with E-state index in [0.29, 0.717) is 6.04 Å². The average molecular weight is 169 g/mol. The van der Waals surface area contributed by atoms with Gasteiger partial charge in [-0.2, -0.15) is 0 Å². The van der Waals surface area contributed by atoms with Gasteiger partial charge in [0.25, 0.3) is 0 Å². The fourth-order valence-electron chi connectivity index (χ4n) is 2.52. The van der Waals surface area contributed by atoms with Crippen molar-refractivity contribution >= 4 is 0 Å². The summed E-state index contributed by atoms with van der Waals surface area (Å²) in [5.41, 5.74) is 0. The lowest BCUT2D eigenvalue weighted by atomic mass is 10.0. The third-order valence-corrected chi connectivity index (χ3v) is 3.19. The Morgan fingerprint density at radius 3 is 3.00 bits per heavy atom. The smallest absolute Gasteiger partial charge is 0.0622 e. The monoisotopic (exact) mass is 169 g/mol. The molecule has 2 nitrogen and oxygen atoms in total. The number of likely N-dealkylation sites (tertiary alicyclic amines) is 1. The second kappa shape index (κ2) is 3.35. The van der Waals surface area contributed by atoms with E-state index in [0.717, 1.165) is 25.2 Å². The van der Waals surface area contributed by atoms with Crippen LogP contribution in [0.1, 0.15) is 26.7 Å². The minimum absolute atomic E-state index is 0.696. The van der Waals surface area contributed by atoms with Crippen molar-refractivity contribution in [1.29, 1.82) is 0 Å². The summed E-state index contributed by atoms with van der Waals surface area (Å²) in [5.74, 6) is 0.917. The number of nitrogens with zero attached hydrogens (tertiary/aromatic N) is 1. The Bertz CT molecular complexity index is 158. The maximum Gasteiger partial charge on any atom is 0.0622 e. The van der Waals surface area contributed by atoms with E-state index >= 15 is 0 Å². The number of hydrogen-bond donors (Lipinski definition) is 0. The minimum atomic E-state index is 0.696. The van der Waals surface area contributed by atoms with E-state index in [1.165, 1.54) is 19.4 Å². The Balaban J connectivity index is 2.02. The largest absolute Gasteiger partial charge is 0.380 e. The standard InChI is InChI=1S/C10H19NO/c1-8(2)11-6-9-3-4-12-7-10(11)5-9/h8-10H,3-7H2,1-2H3. The molecule has 2 heterocycles. The number of fused-ring (bicyclic) bond motifs is 2. The zero-order valence-corrected chi connectivity index (χ0v) is 8.12. The van der Waals surface area contributed by atoms with E-state index < -0.39 is 0 Å². The summed E-state index contributed by atoms with van der Waals surface area (Å²) < 4.78 is 5.57. The quantitative estimate of drug-likeness (QED) is 0.590. The number of hydrogen-bond acceptors (Lipinski definition) is 2. The third-order valence-electron chi connectivity index (χ3n) is 3.19. The van der Waals surface area contributed by atoms with Gasteiger partial charge in [0.2, 0.25) is 0 Å². The van der Waals surface area contributed by atoms with E-state index in [-0.39, 0.29) is 0 Å². The lowest BCUT2D eigenvalue weighted by Crippen LogP contribution is -2.39. The highest BCUT2D eigenvalue weighted by molar-refractivity contribution is 4.88. The van der Waals surface area contributed by atoms with Gasteiger partial charge in [-0.05, 0) is 32.6 Å². The SMILES string of the molecule is CC(C)N1CC2CCOCC1C2. The Kier molecular flexibility index (Phi) is 2.37. The lowest BCUT2D eigenvalue weighted by molar-refractivity contribution is 0.0577. The molecule has 0 aliphatic carbocycles. The molecule has 0 aromatic carbocycles. The number of rotatable bonds is 1. The van der Waals surface area contributed by atoms with Gasteiger partial charge in [-0.15, -0.1) is 0 Å². The van der Waals surface area contributed by atoms with Gasteiger partial charge in [0.15, 0.2) is 0 Å². The van der Waals surface area contributed by atoms with Crippen molar-refractivity contribution in [3.63, 3.8) is 0 Å². The molecule has 2 saturated heterocycles. The molecule has 2 atom stereocenters. The van der Waals surface area contributed by atoms with E-state index in [1.807, 2.05) is 0 Å². The summed E-state index contributed by atoms with van der Waals surface area (Å²) in [6, 6.07) is 1.42. The van der Waals surface area contributed by atoms with E-state index in [4.69, 9.17) is 4.74 Å². The Labute approximate surface area is 74.9 Å². The first-order valence-electron chi connectivity index (χ1n) is 5.11. The fourth-order valence-corrected chi connectivity index (χ4v) is 2.52. The molecule has 0 N–H and O–H groups in total. The molecule has 0 aromatic rings. The molecule has 0 amide bonds. The van der Waals surface area contributed by atoms with E-state index in [1.54, 1.807) is 0 Å². The summed E-state index contributed by atoms with van der Waals surface area (Å²) in [6.07, 6.45) is 2.65. The normalized spacial score (nSPS) is 37.2. The summed E-state index contributed by atoms with van der Waals surface area (Å²) in [5, 5.41) is 0. The van der Waals surface area contributed by atoms with Gasteiger partial charge in [-0.3, -0.25) is 4.90 Å². The molecule has 2 heteroatoms. The van der Waals surface area contributed by atoms with Crippen molar-refractivity contribution in [2.24, 2.45) is 5.92 Å². The van der Waals surface area contributed by atoms with Gasteiger partial charge in [0.05, 0.1) is 6.61 Å². The molecule has 2 unspecified atom stereocenters. The van der Waals surface area contributed by atoms with Crippen LogP contribution in [0.4, 0.5) is 0 Å². The zero-order chi connectivity index (χ0) is 8.55. The molecule has 2 aliphatic rings. The van der Waals surface area contributed by atoms with Gasteiger partial charge >= 0.3 is 0 Å². The van der Waals surface area contributed by atoms with Gasteiger partial charge in [0.1, 0.15) is 0 Å². The maximum absolute atomic E-state index is 5.57. The second-order valence-corrected chi connectivity index (χ2v) is 4.41. The maximum atomic E-state index is 5.57. The topological polar surface area (TPSA) is 12.5 Å². The Morgan fingerprint density at radius 2 is 2.25 bits per heavy atom. The summed E-state index contributed by atoms with van der Waals surface area (Å²) >= 11 is 0. The van der Waals surface area contributed by atoms with E-state index in [2.05, 4.69) is 18.7 Å². The summed E-state index contributed by atoms with van der Waals surface area (Å²) in [7, 11) is 0. The summed E-state index contributed by atoms with van der Waals surface area (Å²) in [4.78, 5) is 2.60. The van der Waals surface area contributed by atoms with Crippen molar-refractivity contribution < 1.29 is 4.74 Å². The predicted molar refractivity (Wildman–Crippen MR) is 49.2 cm³/mol. The first-order chi connectivity index (χ1) is 5.77. The van der Waals surface area contributed by atoms with Crippen molar-refractivity contribution in [2.45, 2.75) is 38.8 Å². The van der Waals surface area contributed by atoms with Crippen LogP contribution in [0.25, 0.3) is 0 Å². The van der Waals surface area contributed by atoms with Crippen LogP contribution < -0.4 is 0 Å². The molecule has 12 heavy (non-hydrogen) atoms. The van der Waals surface area contributed by atoms with Crippen LogP contribution in [0.3, 0.4) is 0 Å². The van der Waals surface area contributed by atoms with Crippen LogP contribution in [-0.4, -0.2) is 36.7 Å². The highest BCUT2D eigenvalue weighted by Gasteiger charge is 2.34. The second-order valence-electron chi connectivity index (χ2n) is 4.41. The van der Waals surface area contributed by atoms with Crippen LogP contribution in [0.15, 0.2) is 0 Å². The predicted octanol–water partition coefficient (Wildman–Crippen LogP) is 1.51. The Morgan fingerprint density at radius 1 is 1.42 bits per heavy atom. The average Bonchev–Trinajstić information content (AvgIpc) is 2.23. The fraction of sp³-hybridized carbons (Fsp3) is 1.00. The zero-order valence-electron chi connectivity index (χ0n) is 8.12.